The molecule has 1 aliphatic rings. The minimum atomic E-state index is -0.648. The van der Waals surface area contributed by atoms with Crippen molar-refractivity contribution >= 4 is 11.8 Å². The number of rotatable bonds is 7. The van der Waals surface area contributed by atoms with Gasteiger partial charge in [-0.2, -0.15) is 0 Å². The van der Waals surface area contributed by atoms with E-state index >= 15 is 0 Å². The Morgan fingerprint density at radius 1 is 1.00 bits per heavy atom. The Morgan fingerprint density at radius 2 is 1.77 bits per heavy atom. The van der Waals surface area contributed by atoms with Crippen LogP contribution in [0.4, 0.5) is 0 Å². The molecule has 35 heavy (non-hydrogen) atoms. The molecule has 4 rings (SSSR count). The number of nitrogens with one attached hydrogen (secondary N) is 1. The maximum Gasteiger partial charge on any atom is 0.261 e. The molecule has 0 radical (unpaired) electrons. The molecule has 0 saturated carbocycles. The van der Waals surface area contributed by atoms with E-state index in [1.54, 1.807) is 6.92 Å². The molecule has 5 nitrogen and oxygen atoms in total. The molecule has 0 aliphatic carbocycles. The van der Waals surface area contributed by atoms with Gasteiger partial charge in [-0.1, -0.05) is 80.1 Å². The van der Waals surface area contributed by atoms with Crippen LogP contribution in [0.5, 0.6) is 5.75 Å². The predicted octanol–water partition coefficient (Wildman–Crippen LogP) is 5.21. The Hall–Kier alpha value is -3.60. The summed E-state index contributed by atoms with van der Waals surface area (Å²) < 4.78 is 6.07. The predicted molar refractivity (Wildman–Crippen MR) is 138 cm³/mol. The lowest BCUT2D eigenvalue weighted by atomic mass is 9.87. The van der Waals surface area contributed by atoms with Gasteiger partial charge < -0.3 is 15.0 Å². The second-order valence-electron chi connectivity index (χ2n) is 9.58. The summed E-state index contributed by atoms with van der Waals surface area (Å²) >= 11 is 0. The molecule has 1 N–H and O–H groups in total. The lowest BCUT2D eigenvalue weighted by molar-refractivity contribution is -0.136. The van der Waals surface area contributed by atoms with E-state index in [2.05, 4.69) is 29.6 Å². The molecule has 2 amide bonds. The number of fused-ring (bicyclic) bond motifs is 1. The summed E-state index contributed by atoms with van der Waals surface area (Å²) in [7, 11) is 0. The molecule has 1 heterocycles. The summed E-state index contributed by atoms with van der Waals surface area (Å²) in [6.45, 7) is 8.81. The number of benzene rings is 3. The molecule has 0 aromatic heterocycles. The quantitative estimate of drug-likeness (QED) is 0.516. The lowest BCUT2D eigenvalue weighted by Gasteiger charge is -2.39. The van der Waals surface area contributed by atoms with Gasteiger partial charge in [-0.15, -0.1) is 0 Å². The molecule has 0 fully saturated rings. The Kier molecular flexibility index (Phi) is 7.54. The minimum absolute atomic E-state index is 0.0840. The van der Waals surface area contributed by atoms with Gasteiger partial charge in [0.15, 0.2) is 6.10 Å². The van der Waals surface area contributed by atoms with Crippen molar-refractivity contribution in [3.05, 3.63) is 101 Å². The monoisotopic (exact) mass is 470 g/mol. The van der Waals surface area contributed by atoms with E-state index in [-0.39, 0.29) is 23.8 Å². The van der Waals surface area contributed by atoms with Gasteiger partial charge in [0.2, 0.25) is 5.91 Å². The van der Waals surface area contributed by atoms with Crippen molar-refractivity contribution in [1.82, 2.24) is 10.2 Å². The van der Waals surface area contributed by atoms with Crippen LogP contribution in [0.3, 0.4) is 0 Å². The maximum atomic E-state index is 13.1. The average molecular weight is 471 g/mol. The second-order valence-corrected chi connectivity index (χ2v) is 9.58. The summed E-state index contributed by atoms with van der Waals surface area (Å²) in [4.78, 5) is 27.8. The Balaban J connectivity index is 1.54. The van der Waals surface area contributed by atoms with Crippen LogP contribution in [-0.2, 0) is 22.6 Å². The minimum Gasteiger partial charge on any atom is -0.481 e. The first kappa shape index (κ1) is 24.5. The highest BCUT2D eigenvalue weighted by Crippen LogP contribution is 2.38. The van der Waals surface area contributed by atoms with Gasteiger partial charge in [0, 0.05) is 19.0 Å². The molecule has 0 bridgehead atoms. The number of carbonyl (C=O) groups is 2. The van der Waals surface area contributed by atoms with Crippen LogP contribution in [0.25, 0.3) is 0 Å². The number of aryl methyl sites for hydroxylation is 1. The molecule has 0 unspecified atom stereocenters. The normalized spacial score (nSPS) is 15.9. The third kappa shape index (κ3) is 5.73. The standard InChI is InChI=1S/C30H34N2O3/c1-20(2)30(34)32-16-15-24-13-14-26(18-27(24)28(32)25-11-6-5-7-12-25)35-22(4)29(33)31-19-23-10-8-9-21(3)17-23/h5-14,17-18,20,22,28H,15-16,19H2,1-4H3,(H,31,33)/t22-,28+/m0/s1. The Labute approximate surface area is 208 Å². The number of hydrogen-bond donors (Lipinski definition) is 1. The highest BCUT2D eigenvalue weighted by Gasteiger charge is 2.33. The molecular formula is C30H34N2O3. The van der Waals surface area contributed by atoms with Crippen molar-refractivity contribution in [2.24, 2.45) is 5.92 Å². The maximum absolute atomic E-state index is 13.1. The van der Waals surface area contributed by atoms with Gasteiger partial charge in [0.25, 0.3) is 5.91 Å². The molecule has 5 heteroatoms. The number of hydrogen-bond acceptors (Lipinski definition) is 3. The fourth-order valence-electron chi connectivity index (χ4n) is 4.64. The van der Waals surface area contributed by atoms with Gasteiger partial charge in [0.1, 0.15) is 5.75 Å². The summed E-state index contributed by atoms with van der Waals surface area (Å²) in [5, 5.41) is 2.96. The Morgan fingerprint density at radius 3 is 2.49 bits per heavy atom. The van der Waals surface area contributed by atoms with Gasteiger partial charge in [-0.3, -0.25) is 9.59 Å². The van der Waals surface area contributed by atoms with Gasteiger partial charge in [0.05, 0.1) is 6.04 Å². The lowest BCUT2D eigenvalue weighted by Crippen LogP contribution is -2.42. The summed E-state index contributed by atoms with van der Waals surface area (Å²) in [5.41, 5.74) is 5.55. The van der Waals surface area contributed by atoms with Crippen LogP contribution in [0, 0.1) is 12.8 Å². The van der Waals surface area contributed by atoms with E-state index in [0.717, 1.165) is 28.7 Å². The average Bonchev–Trinajstić information content (AvgIpc) is 2.86. The first-order valence-corrected chi connectivity index (χ1v) is 12.3. The zero-order valence-electron chi connectivity index (χ0n) is 21.0. The summed E-state index contributed by atoms with van der Waals surface area (Å²) in [5.74, 6) is 0.515. The fraction of sp³-hybridized carbons (Fsp3) is 0.333. The Bertz CT molecular complexity index is 1190. The summed E-state index contributed by atoms with van der Waals surface area (Å²) in [6, 6.07) is 24.0. The topological polar surface area (TPSA) is 58.6 Å². The van der Waals surface area contributed by atoms with Crippen molar-refractivity contribution in [2.45, 2.75) is 52.8 Å². The molecule has 0 spiro atoms. The second kappa shape index (κ2) is 10.8. The first-order chi connectivity index (χ1) is 16.8. The van der Waals surface area contributed by atoms with Gasteiger partial charge in [-0.05, 0) is 54.7 Å². The smallest absolute Gasteiger partial charge is 0.261 e. The molecule has 2 atom stereocenters. The van der Waals surface area contributed by atoms with Crippen LogP contribution in [0.2, 0.25) is 0 Å². The number of amides is 2. The van der Waals surface area contributed by atoms with E-state index in [0.29, 0.717) is 18.8 Å². The van der Waals surface area contributed by atoms with Crippen LogP contribution in [-0.4, -0.2) is 29.4 Å². The molecule has 182 valence electrons. The van der Waals surface area contributed by atoms with Crippen molar-refractivity contribution in [2.75, 3.05) is 6.54 Å². The summed E-state index contributed by atoms with van der Waals surface area (Å²) in [6.07, 6.45) is 0.147. The molecule has 1 aliphatic heterocycles. The van der Waals surface area contributed by atoms with Crippen molar-refractivity contribution in [3.8, 4) is 5.75 Å². The van der Waals surface area contributed by atoms with E-state index < -0.39 is 6.10 Å². The van der Waals surface area contributed by atoms with E-state index in [4.69, 9.17) is 4.74 Å². The van der Waals surface area contributed by atoms with Crippen LogP contribution < -0.4 is 10.1 Å². The van der Waals surface area contributed by atoms with E-state index in [9.17, 15) is 9.59 Å². The largest absolute Gasteiger partial charge is 0.481 e. The van der Waals surface area contributed by atoms with Crippen LogP contribution >= 0.6 is 0 Å². The zero-order chi connectivity index (χ0) is 24.9. The van der Waals surface area contributed by atoms with Crippen LogP contribution in [0.15, 0.2) is 72.8 Å². The molecule has 3 aromatic carbocycles. The van der Waals surface area contributed by atoms with E-state index in [1.807, 2.05) is 74.2 Å². The van der Waals surface area contributed by atoms with E-state index in [1.165, 1.54) is 5.56 Å². The number of carbonyl (C=O) groups excluding carboxylic acids is 2. The molecule has 0 saturated heterocycles. The number of ether oxygens (including phenoxy) is 1. The first-order valence-electron chi connectivity index (χ1n) is 12.3. The van der Waals surface area contributed by atoms with Crippen molar-refractivity contribution in [1.29, 1.82) is 0 Å². The molecule has 3 aromatic rings. The van der Waals surface area contributed by atoms with Crippen LogP contribution in [0.1, 0.15) is 54.6 Å². The highest BCUT2D eigenvalue weighted by molar-refractivity contribution is 5.81. The molecular weight excluding hydrogens is 436 g/mol. The zero-order valence-corrected chi connectivity index (χ0v) is 21.0. The highest BCUT2D eigenvalue weighted by atomic mass is 16.5. The van der Waals surface area contributed by atoms with Crippen molar-refractivity contribution in [3.63, 3.8) is 0 Å². The fourth-order valence-corrected chi connectivity index (χ4v) is 4.64. The number of nitrogens with zero attached hydrogens (tertiary/aromatic N) is 1. The third-order valence-electron chi connectivity index (χ3n) is 6.47. The van der Waals surface area contributed by atoms with Crippen molar-refractivity contribution < 1.29 is 14.3 Å². The SMILES string of the molecule is Cc1cccc(CNC(=O)[C@H](C)Oc2ccc3c(c2)[C@@H](c2ccccc2)N(C(=O)C(C)C)CC3)c1. The van der Waals surface area contributed by atoms with Gasteiger partial charge >= 0.3 is 0 Å². The van der Waals surface area contributed by atoms with Gasteiger partial charge in [-0.25, -0.2) is 0 Å². The third-order valence-corrected chi connectivity index (χ3v) is 6.47.